The molecule has 1 saturated heterocycles. The van der Waals surface area contributed by atoms with Crippen LogP contribution in [-0.2, 0) is 9.47 Å². The molecule has 0 aromatic carbocycles. The molecule has 1 rings (SSSR count). The van der Waals surface area contributed by atoms with E-state index in [1.54, 1.807) is 0 Å². The lowest BCUT2D eigenvalue weighted by molar-refractivity contribution is -0.222. The zero-order valence-electron chi connectivity index (χ0n) is 10.0. The van der Waals surface area contributed by atoms with Gasteiger partial charge in [-0.3, -0.25) is 0 Å². The molecule has 0 aromatic rings. The zero-order valence-corrected chi connectivity index (χ0v) is 11.2. The van der Waals surface area contributed by atoms with Gasteiger partial charge in [-0.25, -0.2) is 0 Å². The monoisotopic (exact) mass is 245 g/mol. The highest BCUT2D eigenvalue weighted by Gasteiger charge is 2.40. The van der Waals surface area contributed by atoms with Gasteiger partial charge in [0.05, 0.1) is 18.5 Å². The van der Waals surface area contributed by atoms with E-state index in [9.17, 15) is 0 Å². The fraction of sp³-hybridized carbons (Fsp3) is 1.00. The third-order valence-corrected chi connectivity index (χ3v) is 3.58. The lowest BCUT2D eigenvalue weighted by Gasteiger charge is -2.42. The first-order valence-electron chi connectivity index (χ1n) is 5.67. The van der Waals surface area contributed by atoms with Crippen molar-refractivity contribution in [1.82, 2.24) is 0 Å². The Hall–Kier alpha value is -0.340. The van der Waals surface area contributed by atoms with Crippen molar-refractivity contribution in [2.75, 3.05) is 6.35 Å². The lowest BCUT2D eigenvalue weighted by Crippen LogP contribution is -2.49. The lowest BCUT2D eigenvalue weighted by atomic mass is 9.81. The summed E-state index contributed by atoms with van der Waals surface area (Å²) in [6.45, 7) is 6.32. The minimum Gasteiger partial charge on any atom is -0.349 e. The first kappa shape index (κ1) is 13.7. The second-order valence-corrected chi connectivity index (χ2v) is 4.53. The van der Waals surface area contributed by atoms with Crippen LogP contribution in [0.5, 0.6) is 0 Å². The van der Waals surface area contributed by atoms with Gasteiger partial charge >= 0.3 is 0 Å². The fourth-order valence-electron chi connectivity index (χ4n) is 2.19. The van der Waals surface area contributed by atoms with Crippen molar-refractivity contribution in [2.24, 2.45) is 17.0 Å². The molecular formula is C10H20N3O2P. The normalized spacial score (nSPS) is 39.1. The summed E-state index contributed by atoms with van der Waals surface area (Å²) in [5.41, 5.74) is 8.57. The maximum Gasteiger partial charge on any atom is 0.167 e. The van der Waals surface area contributed by atoms with E-state index in [1.807, 2.05) is 0 Å². The maximum absolute atomic E-state index is 8.57. The van der Waals surface area contributed by atoms with Gasteiger partial charge in [-0.15, -0.1) is 9.24 Å². The number of hydrogen-bond acceptors (Lipinski definition) is 3. The van der Waals surface area contributed by atoms with Gasteiger partial charge in [-0.1, -0.05) is 25.9 Å². The smallest absolute Gasteiger partial charge is 0.167 e. The number of hydrogen-bond donors (Lipinski definition) is 0. The van der Waals surface area contributed by atoms with Crippen LogP contribution in [0.3, 0.4) is 0 Å². The molecule has 0 radical (unpaired) electrons. The van der Waals surface area contributed by atoms with E-state index in [4.69, 9.17) is 15.0 Å². The van der Waals surface area contributed by atoms with Gasteiger partial charge in [-0.2, -0.15) is 0 Å². The van der Waals surface area contributed by atoms with E-state index in [-0.39, 0.29) is 18.1 Å². The molecule has 0 saturated carbocycles. The topological polar surface area (TPSA) is 67.2 Å². The highest BCUT2D eigenvalue weighted by molar-refractivity contribution is 7.16. The third kappa shape index (κ3) is 2.86. The summed E-state index contributed by atoms with van der Waals surface area (Å²) < 4.78 is 11.3. The highest BCUT2D eigenvalue weighted by Crippen LogP contribution is 2.34. The standard InChI is InChI=1S/C10H20N3O2P/c1-4-8-6(2)7(3)9(12-13-11)10(15-8)14-5-16/h6-10H,4-5,16H2,1-3H3/t6-,7-,8?,9?,10-/m0/s1. The van der Waals surface area contributed by atoms with Crippen LogP contribution in [0.25, 0.3) is 10.4 Å². The Kier molecular flexibility index (Phi) is 5.50. The van der Waals surface area contributed by atoms with Crippen LogP contribution in [0, 0.1) is 11.8 Å². The Morgan fingerprint density at radius 2 is 2.12 bits per heavy atom. The van der Waals surface area contributed by atoms with Gasteiger partial charge < -0.3 is 9.47 Å². The summed E-state index contributed by atoms with van der Waals surface area (Å²) in [6, 6.07) is -0.233. The summed E-state index contributed by atoms with van der Waals surface area (Å²) in [4.78, 5) is 2.89. The molecule has 6 atom stereocenters. The predicted octanol–water partition coefficient (Wildman–Crippen LogP) is 2.92. The van der Waals surface area contributed by atoms with Gasteiger partial charge in [0.25, 0.3) is 0 Å². The van der Waals surface area contributed by atoms with Crippen molar-refractivity contribution in [3.63, 3.8) is 0 Å². The molecule has 0 aliphatic carbocycles. The number of rotatable bonds is 4. The van der Waals surface area contributed by atoms with Crippen molar-refractivity contribution in [3.05, 3.63) is 10.4 Å². The summed E-state index contributed by atoms with van der Waals surface area (Å²) in [5, 5.41) is 3.81. The first-order chi connectivity index (χ1) is 7.65. The average Bonchev–Trinajstić information content (AvgIpc) is 2.28. The number of azide groups is 1. The SMILES string of the molecule is CCC1O[C@H](OCP)C(N=[N+]=[N-])[C@@H](C)[C@@H]1C. The van der Waals surface area contributed by atoms with Crippen LogP contribution in [0.4, 0.5) is 0 Å². The molecule has 16 heavy (non-hydrogen) atoms. The quantitative estimate of drug-likeness (QED) is 0.331. The molecule has 0 N–H and O–H groups in total. The third-order valence-electron chi connectivity index (χ3n) is 3.39. The van der Waals surface area contributed by atoms with Crippen LogP contribution >= 0.6 is 9.24 Å². The molecule has 1 fully saturated rings. The molecule has 5 nitrogen and oxygen atoms in total. The van der Waals surface area contributed by atoms with E-state index < -0.39 is 6.29 Å². The van der Waals surface area contributed by atoms with Crippen molar-refractivity contribution >= 4 is 9.24 Å². The van der Waals surface area contributed by atoms with E-state index in [0.717, 1.165) is 6.42 Å². The van der Waals surface area contributed by atoms with E-state index in [2.05, 4.69) is 40.0 Å². The second kappa shape index (κ2) is 6.41. The van der Waals surface area contributed by atoms with Crippen LogP contribution in [0.1, 0.15) is 27.2 Å². The van der Waals surface area contributed by atoms with Gasteiger partial charge in [0.15, 0.2) is 6.29 Å². The molecule has 0 amide bonds. The predicted molar refractivity (Wildman–Crippen MR) is 65.9 cm³/mol. The van der Waals surface area contributed by atoms with Crippen LogP contribution in [0.2, 0.25) is 0 Å². The summed E-state index contributed by atoms with van der Waals surface area (Å²) >= 11 is 0. The molecule has 6 heteroatoms. The van der Waals surface area contributed by atoms with Crippen LogP contribution in [-0.4, -0.2) is 24.8 Å². The minimum atomic E-state index is -0.412. The second-order valence-electron chi connectivity index (χ2n) is 4.20. The van der Waals surface area contributed by atoms with Crippen LogP contribution in [0.15, 0.2) is 5.11 Å². The Bertz CT molecular complexity index is 271. The Labute approximate surface area is 98.7 Å². The van der Waals surface area contributed by atoms with Crippen molar-refractivity contribution in [3.8, 4) is 0 Å². The van der Waals surface area contributed by atoms with E-state index in [0.29, 0.717) is 12.3 Å². The molecule has 0 aromatic heterocycles. The number of ether oxygens (including phenoxy) is 2. The van der Waals surface area contributed by atoms with E-state index in [1.165, 1.54) is 0 Å². The summed E-state index contributed by atoms with van der Waals surface area (Å²) in [6.07, 6.45) is 1.21. The molecule has 1 heterocycles. The van der Waals surface area contributed by atoms with Gasteiger partial charge in [0.1, 0.15) is 0 Å². The summed E-state index contributed by atoms with van der Waals surface area (Å²) in [5.74, 6) is 0.654. The fourth-order valence-corrected chi connectivity index (χ4v) is 2.38. The molecule has 1 aliphatic heterocycles. The van der Waals surface area contributed by atoms with E-state index >= 15 is 0 Å². The molecule has 3 unspecified atom stereocenters. The molecule has 92 valence electrons. The van der Waals surface area contributed by atoms with Crippen LogP contribution < -0.4 is 0 Å². The highest BCUT2D eigenvalue weighted by atomic mass is 31.0. The van der Waals surface area contributed by atoms with Crippen molar-refractivity contribution < 1.29 is 9.47 Å². The van der Waals surface area contributed by atoms with Crippen molar-refractivity contribution in [1.29, 1.82) is 0 Å². The molecule has 1 aliphatic rings. The Balaban J connectivity index is 2.83. The first-order valence-corrected chi connectivity index (χ1v) is 6.48. The minimum absolute atomic E-state index is 0.182. The van der Waals surface area contributed by atoms with Crippen molar-refractivity contribution in [2.45, 2.75) is 45.6 Å². The summed E-state index contributed by atoms with van der Waals surface area (Å²) in [7, 11) is 2.49. The molecule has 0 spiro atoms. The van der Waals surface area contributed by atoms with Gasteiger partial charge in [-0.05, 0) is 23.8 Å². The molecular weight excluding hydrogens is 225 g/mol. The Morgan fingerprint density at radius 1 is 1.44 bits per heavy atom. The van der Waals surface area contributed by atoms with Gasteiger partial charge in [0, 0.05) is 4.91 Å². The maximum atomic E-state index is 8.57. The molecule has 0 bridgehead atoms. The zero-order chi connectivity index (χ0) is 12.1. The Morgan fingerprint density at radius 3 is 2.62 bits per heavy atom. The van der Waals surface area contributed by atoms with Gasteiger partial charge in [0.2, 0.25) is 0 Å². The average molecular weight is 245 g/mol. The number of nitrogens with zero attached hydrogens (tertiary/aromatic N) is 3. The largest absolute Gasteiger partial charge is 0.349 e.